The molecule has 0 N–H and O–H groups in total. The minimum atomic E-state index is 0.341. The Balaban J connectivity index is 0.000000106. The van der Waals surface area contributed by atoms with Gasteiger partial charge in [-0.2, -0.15) is 0 Å². The molecule has 0 spiro atoms. The van der Waals surface area contributed by atoms with Gasteiger partial charge in [-0.1, -0.05) is 0 Å². The van der Waals surface area contributed by atoms with Crippen LogP contribution < -0.4 is 0 Å². The van der Waals surface area contributed by atoms with Crippen molar-refractivity contribution < 1.29 is 4.79 Å². The number of carbonyl (C=O) groups is 1. The van der Waals surface area contributed by atoms with Crippen LogP contribution in [0.4, 0.5) is 0 Å². The molecule has 1 amide bonds. The number of rotatable bonds is 0. The Morgan fingerprint density at radius 1 is 0.414 bits per heavy atom. The first-order valence-corrected chi connectivity index (χ1v) is 11.8. The Hall–Kier alpha value is -0.810. The van der Waals surface area contributed by atoms with Gasteiger partial charge in [0.2, 0.25) is 5.91 Å². The summed E-state index contributed by atoms with van der Waals surface area (Å²) in [6.07, 6.45) is 2.33. The molecule has 160 valence electrons. The average molecular weight is 403 g/mol. The minimum absolute atomic E-state index is 0.341. The summed E-state index contributed by atoms with van der Waals surface area (Å²) < 4.78 is 0. The number of carbonyl (C=O) groups excluding carboxylic acids is 1. The van der Waals surface area contributed by atoms with Crippen LogP contribution in [0.5, 0.6) is 0 Å². The molecule has 8 saturated heterocycles. The molecule has 2 atom stereocenters. The van der Waals surface area contributed by atoms with Crippen molar-refractivity contribution >= 4 is 5.91 Å². The standard InChI is InChI=1S/C10H16N4O.C10H18N4/c15-8-7-13-4-3-11-1-2-12-5-6-14(8)10(13)9(11)12;1-2-12-7-8-14-4-3-13-6-5-11(1)9(12)10(13)14/h9-10H,1-7H2;9-10H,1-8H2. The highest BCUT2D eigenvalue weighted by Gasteiger charge is 2.54. The van der Waals surface area contributed by atoms with Gasteiger partial charge in [0.05, 0.1) is 25.0 Å². The van der Waals surface area contributed by atoms with E-state index in [-0.39, 0.29) is 0 Å². The van der Waals surface area contributed by atoms with E-state index in [4.69, 9.17) is 0 Å². The third-order valence-electron chi connectivity index (χ3n) is 8.80. The lowest BCUT2D eigenvalue weighted by molar-refractivity contribution is -0.135. The lowest BCUT2D eigenvalue weighted by Crippen LogP contribution is -2.67. The number of hydrogen-bond acceptors (Lipinski definition) is 8. The quantitative estimate of drug-likeness (QED) is 0.435. The highest BCUT2D eigenvalue weighted by atomic mass is 16.2. The van der Waals surface area contributed by atoms with Gasteiger partial charge in [-0.15, -0.1) is 0 Å². The van der Waals surface area contributed by atoms with Crippen molar-refractivity contribution in [2.45, 2.75) is 24.7 Å². The Bertz CT molecular complexity index is 635. The summed E-state index contributed by atoms with van der Waals surface area (Å²) in [7, 11) is 0. The first kappa shape index (κ1) is 17.8. The van der Waals surface area contributed by atoms with E-state index < -0.39 is 0 Å². The third-order valence-corrected chi connectivity index (χ3v) is 8.80. The molecule has 9 nitrogen and oxygen atoms in total. The van der Waals surface area contributed by atoms with Crippen molar-refractivity contribution in [2.24, 2.45) is 0 Å². The minimum Gasteiger partial charge on any atom is -0.322 e. The van der Waals surface area contributed by atoms with E-state index in [1.54, 1.807) is 0 Å². The number of amides is 1. The second kappa shape index (κ2) is 6.59. The predicted molar refractivity (Wildman–Crippen MR) is 108 cm³/mol. The zero-order valence-corrected chi connectivity index (χ0v) is 17.4. The first-order chi connectivity index (χ1) is 14.3. The maximum Gasteiger partial charge on any atom is 0.238 e. The summed E-state index contributed by atoms with van der Waals surface area (Å²) in [4.78, 5) is 32.2. The summed E-state index contributed by atoms with van der Waals surface area (Å²) in [6.45, 7) is 17.7. The molecule has 8 rings (SSSR count). The third kappa shape index (κ3) is 2.55. The second-order valence-electron chi connectivity index (χ2n) is 9.93. The molecule has 8 fully saturated rings. The zero-order chi connectivity index (χ0) is 19.1. The van der Waals surface area contributed by atoms with Crippen molar-refractivity contribution in [3.63, 3.8) is 0 Å². The van der Waals surface area contributed by atoms with Gasteiger partial charge in [0, 0.05) is 91.6 Å². The van der Waals surface area contributed by atoms with E-state index in [1.807, 2.05) is 0 Å². The summed E-state index contributed by atoms with van der Waals surface area (Å²) in [5.41, 5.74) is 0. The molecule has 0 aliphatic carbocycles. The van der Waals surface area contributed by atoms with Gasteiger partial charge < -0.3 is 4.90 Å². The average Bonchev–Trinajstić information content (AvgIpc) is 3.49. The van der Waals surface area contributed by atoms with E-state index in [9.17, 15) is 4.79 Å². The molecule has 29 heavy (non-hydrogen) atoms. The van der Waals surface area contributed by atoms with E-state index in [1.165, 1.54) is 65.4 Å². The highest BCUT2D eigenvalue weighted by molar-refractivity contribution is 5.81. The molecule has 8 aliphatic rings. The molecule has 8 heterocycles. The van der Waals surface area contributed by atoms with Crippen LogP contribution >= 0.6 is 0 Å². The molecule has 2 unspecified atom stereocenters. The summed E-state index contributed by atoms with van der Waals surface area (Å²) >= 11 is 0. The summed E-state index contributed by atoms with van der Waals surface area (Å²) in [5, 5.41) is 0. The molecule has 0 aromatic carbocycles. The maximum absolute atomic E-state index is 11.8. The van der Waals surface area contributed by atoms with Crippen LogP contribution in [0.1, 0.15) is 0 Å². The van der Waals surface area contributed by atoms with Crippen LogP contribution in [-0.4, -0.2) is 168 Å². The smallest absolute Gasteiger partial charge is 0.238 e. The number of hydrogen-bond donors (Lipinski definition) is 0. The van der Waals surface area contributed by atoms with E-state index in [2.05, 4.69) is 39.2 Å². The number of piperazine rings is 4. The van der Waals surface area contributed by atoms with Crippen LogP contribution in [0.15, 0.2) is 0 Å². The fraction of sp³-hybridized carbons (Fsp3) is 0.950. The van der Waals surface area contributed by atoms with Gasteiger partial charge in [-0.05, 0) is 0 Å². The Morgan fingerprint density at radius 3 is 1.14 bits per heavy atom. The summed E-state index contributed by atoms with van der Waals surface area (Å²) in [5.74, 6) is 0.341. The SMILES string of the molecule is C1CN2CCN3CCN4CCN1C2C43.O=C1CN2CCN3CCN4CCN1C2C34. The predicted octanol–water partition coefficient (Wildman–Crippen LogP) is -2.67. The van der Waals surface area contributed by atoms with Crippen molar-refractivity contribution in [3.8, 4) is 0 Å². The van der Waals surface area contributed by atoms with E-state index >= 15 is 0 Å². The molecule has 0 saturated carbocycles. The van der Waals surface area contributed by atoms with Crippen molar-refractivity contribution in [2.75, 3.05) is 98.2 Å². The van der Waals surface area contributed by atoms with Gasteiger partial charge in [0.1, 0.15) is 6.17 Å². The molecule has 9 heteroatoms. The number of nitrogens with zero attached hydrogens (tertiary/aromatic N) is 8. The van der Waals surface area contributed by atoms with Crippen molar-refractivity contribution in [1.82, 2.24) is 39.2 Å². The molecular formula is C20H34N8O. The van der Waals surface area contributed by atoms with Gasteiger partial charge in [-0.25, -0.2) is 0 Å². The van der Waals surface area contributed by atoms with Gasteiger partial charge in [-0.3, -0.25) is 39.1 Å². The first-order valence-electron chi connectivity index (χ1n) is 11.8. The highest BCUT2D eigenvalue weighted by Crippen LogP contribution is 2.34. The fourth-order valence-corrected chi connectivity index (χ4v) is 7.38. The second-order valence-corrected chi connectivity index (χ2v) is 9.93. The fourth-order valence-electron chi connectivity index (χ4n) is 7.38. The van der Waals surface area contributed by atoms with Crippen LogP contribution in [0, 0.1) is 0 Å². The largest absolute Gasteiger partial charge is 0.322 e. The molecule has 0 aromatic heterocycles. The molecule has 0 radical (unpaired) electrons. The van der Waals surface area contributed by atoms with Gasteiger partial charge >= 0.3 is 0 Å². The van der Waals surface area contributed by atoms with Crippen LogP contribution in [0.25, 0.3) is 0 Å². The van der Waals surface area contributed by atoms with Crippen molar-refractivity contribution in [3.05, 3.63) is 0 Å². The lowest BCUT2D eigenvalue weighted by atomic mass is 10.2. The zero-order valence-electron chi connectivity index (χ0n) is 17.4. The van der Waals surface area contributed by atoms with Crippen LogP contribution in [-0.2, 0) is 4.79 Å². The topological polar surface area (TPSA) is 43.0 Å². The summed E-state index contributed by atoms with van der Waals surface area (Å²) in [6, 6.07) is 0. The molecular weight excluding hydrogens is 368 g/mol. The molecule has 0 bridgehead atoms. The lowest BCUT2D eigenvalue weighted by Gasteiger charge is -2.49. The van der Waals surface area contributed by atoms with Gasteiger partial charge in [0.25, 0.3) is 0 Å². The van der Waals surface area contributed by atoms with E-state index in [0.29, 0.717) is 24.8 Å². The monoisotopic (exact) mass is 402 g/mol. The van der Waals surface area contributed by atoms with Gasteiger partial charge in [0.15, 0.2) is 0 Å². The van der Waals surface area contributed by atoms with Crippen LogP contribution in [0.2, 0.25) is 0 Å². The Kier molecular flexibility index (Phi) is 4.05. The molecule has 0 aromatic rings. The Morgan fingerprint density at radius 2 is 0.724 bits per heavy atom. The van der Waals surface area contributed by atoms with Crippen molar-refractivity contribution in [1.29, 1.82) is 0 Å². The van der Waals surface area contributed by atoms with Crippen LogP contribution in [0.3, 0.4) is 0 Å². The normalized spacial score (nSPS) is 42.9. The molecule has 8 aliphatic heterocycles. The van der Waals surface area contributed by atoms with E-state index in [0.717, 1.165) is 38.5 Å². The Labute approximate surface area is 173 Å². The maximum atomic E-state index is 11.8.